The molecule has 0 saturated carbocycles. The molecule has 0 spiro atoms. The van der Waals surface area contributed by atoms with Gasteiger partial charge in [0, 0.05) is 0 Å². The predicted molar refractivity (Wildman–Crippen MR) is 33.5 cm³/mol. The van der Waals surface area contributed by atoms with Crippen LogP contribution in [0.2, 0.25) is 0 Å². The van der Waals surface area contributed by atoms with Crippen molar-refractivity contribution in [1.82, 2.24) is 15.2 Å². The van der Waals surface area contributed by atoms with Gasteiger partial charge >= 0.3 is 0 Å². The summed E-state index contributed by atoms with van der Waals surface area (Å²) in [4.78, 5) is 3.91. The van der Waals surface area contributed by atoms with E-state index in [1.165, 1.54) is 6.39 Å². The van der Waals surface area contributed by atoms with Gasteiger partial charge in [0.15, 0.2) is 17.8 Å². The van der Waals surface area contributed by atoms with Gasteiger partial charge in [0.2, 0.25) is 0 Å². The third-order valence-corrected chi connectivity index (χ3v) is 1.33. The van der Waals surface area contributed by atoms with Gasteiger partial charge in [0.25, 0.3) is 0 Å². The molecule has 0 N–H and O–H groups in total. The first kappa shape index (κ1) is 5.34. The highest BCUT2D eigenvalue weighted by Gasteiger charge is 2.09. The Kier molecular flexibility index (Phi) is 0.943. The Morgan fingerprint density at radius 1 is 1.50 bits per heavy atom. The van der Waals surface area contributed by atoms with Crippen LogP contribution in [0.4, 0.5) is 0 Å². The summed E-state index contributed by atoms with van der Waals surface area (Å²) in [6.45, 7) is 1.87. The lowest BCUT2D eigenvalue weighted by molar-refractivity contribution is 0.538. The van der Waals surface area contributed by atoms with Crippen molar-refractivity contribution in [3.8, 4) is 11.5 Å². The molecule has 2 rings (SSSR count). The molecule has 4 nitrogen and oxygen atoms in total. The number of fused-ring (bicyclic) bond motifs is 1. The van der Waals surface area contributed by atoms with Crippen LogP contribution in [0.15, 0.2) is 17.0 Å². The van der Waals surface area contributed by atoms with Crippen LogP contribution in [0.25, 0.3) is 11.5 Å². The molecule has 0 radical (unpaired) electrons. The van der Waals surface area contributed by atoms with E-state index in [0.717, 1.165) is 11.4 Å². The fourth-order valence-electron chi connectivity index (χ4n) is 0.810. The van der Waals surface area contributed by atoms with Gasteiger partial charge in [-0.25, -0.2) is 4.98 Å². The molecule has 0 fully saturated rings. The highest BCUT2D eigenvalue weighted by molar-refractivity contribution is 5.53. The van der Waals surface area contributed by atoms with Crippen LogP contribution < -0.4 is 0 Å². The summed E-state index contributed by atoms with van der Waals surface area (Å²) >= 11 is 0. The van der Waals surface area contributed by atoms with Gasteiger partial charge in [-0.15, -0.1) is 5.10 Å². The van der Waals surface area contributed by atoms with Crippen LogP contribution in [0.3, 0.4) is 0 Å². The quantitative estimate of drug-likeness (QED) is 0.538. The molecule has 2 aliphatic rings. The van der Waals surface area contributed by atoms with E-state index in [0.29, 0.717) is 5.76 Å². The van der Waals surface area contributed by atoms with Crippen LogP contribution in [0.5, 0.6) is 0 Å². The fraction of sp³-hybridized carbons (Fsp3) is 0.167. The third kappa shape index (κ3) is 0.586. The second kappa shape index (κ2) is 1.76. The molecule has 2 aliphatic heterocycles. The van der Waals surface area contributed by atoms with E-state index in [9.17, 15) is 0 Å². The Balaban J connectivity index is 2.80. The smallest absolute Gasteiger partial charge is 0.181 e. The SMILES string of the molecule is Cc1ncoc2cnnc1-2. The number of hydrogen-bond acceptors (Lipinski definition) is 4. The van der Waals surface area contributed by atoms with E-state index in [2.05, 4.69) is 15.2 Å². The lowest BCUT2D eigenvalue weighted by Gasteiger charge is -1.94. The van der Waals surface area contributed by atoms with E-state index in [-0.39, 0.29) is 0 Å². The third-order valence-electron chi connectivity index (χ3n) is 1.33. The average Bonchev–Trinajstić information content (AvgIpc) is 2.36. The van der Waals surface area contributed by atoms with Crippen molar-refractivity contribution in [1.29, 1.82) is 0 Å². The van der Waals surface area contributed by atoms with E-state index in [1.807, 2.05) is 6.92 Å². The van der Waals surface area contributed by atoms with E-state index in [1.54, 1.807) is 6.20 Å². The standard InChI is InChI=1S/C6H5N3O/c1-4-6-5(2-8-9-6)10-3-7-4/h2-3H,1H3. The first-order valence-electron chi connectivity index (χ1n) is 2.89. The molecule has 10 heavy (non-hydrogen) atoms. The number of nitrogens with zero attached hydrogens (tertiary/aromatic N) is 3. The molecular formula is C6H5N3O. The van der Waals surface area contributed by atoms with E-state index < -0.39 is 0 Å². The summed E-state index contributed by atoms with van der Waals surface area (Å²) in [5.74, 6) is 0.688. The Morgan fingerprint density at radius 3 is 3.20 bits per heavy atom. The molecule has 0 unspecified atom stereocenters. The Labute approximate surface area is 57.3 Å². The summed E-state index contributed by atoms with van der Waals surface area (Å²) in [5.41, 5.74) is 1.58. The second-order valence-electron chi connectivity index (χ2n) is 2.00. The van der Waals surface area contributed by atoms with Crippen molar-refractivity contribution in [2.45, 2.75) is 6.92 Å². The first-order valence-corrected chi connectivity index (χ1v) is 2.89. The Bertz CT molecular complexity index is 317. The minimum Gasteiger partial charge on any atom is -0.442 e. The van der Waals surface area contributed by atoms with Crippen molar-refractivity contribution < 1.29 is 4.42 Å². The zero-order valence-corrected chi connectivity index (χ0v) is 5.40. The minimum atomic E-state index is 0.688. The normalized spacial score (nSPS) is 10.5. The molecule has 0 amide bonds. The summed E-state index contributed by atoms with van der Waals surface area (Å²) in [5, 5.41) is 7.49. The molecule has 50 valence electrons. The monoisotopic (exact) mass is 135 g/mol. The van der Waals surface area contributed by atoms with Crippen LogP contribution in [-0.4, -0.2) is 15.2 Å². The minimum absolute atomic E-state index is 0.688. The number of aryl methyl sites for hydroxylation is 1. The maximum atomic E-state index is 5.00. The summed E-state index contributed by atoms with van der Waals surface area (Å²) in [7, 11) is 0. The van der Waals surface area contributed by atoms with Crippen LogP contribution in [0, 0.1) is 6.92 Å². The topological polar surface area (TPSA) is 51.8 Å². The fourth-order valence-corrected chi connectivity index (χ4v) is 0.810. The van der Waals surface area contributed by atoms with Crippen LogP contribution in [0.1, 0.15) is 5.69 Å². The average molecular weight is 135 g/mol. The molecule has 0 aromatic carbocycles. The number of rotatable bonds is 0. The summed E-state index contributed by atoms with van der Waals surface area (Å²) in [6.07, 6.45) is 2.96. The van der Waals surface area contributed by atoms with Crippen molar-refractivity contribution >= 4 is 0 Å². The molecule has 2 heterocycles. The van der Waals surface area contributed by atoms with Gasteiger partial charge in [-0.1, -0.05) is 0 Å². The second-order valence-corrected chi connectivity index (χ2v) is 2.00. The predicted octanol–water partition coefficient (Wildman–Crippen LogP) is 0.878. The lowest BCUT2D eigenvalue weighted by Crippen LogP contribution is -1.85. The molecule has 0 aliphatic carbocycles. The molecular weight excluding hydrogens is 130 g/mol. The van der Waals surface area contributed by atoms with Gasteiger partial charge in [-0.05, 0) is 6.92 Å². The van der Waals surface area contributed by atoms with Crippen LogP contribution in [-0.2, 0) is 0 Å². The number of aromatic nitrogens is 3. The molecule has 0 saturated heterocycles. The molecule has 0 aromatic heterocycles. The van der Waals surface area contributed by atoms with Crippen LogP contribution >= 0.6 is 0 Å². The lowest BCUT2D eigenvalue weighted by atomic mass is 10.3. The Hall–Kier alpha value is -1.45. The molecule has 0 aromatic rings. The number of hydrogen-bond donors (Lipinski definition) is 0. The molecule has 0 bridgehead atoms. The summed E-state index contributed by atoms with van der Waals surface area (Å²) < 4.78 is 5.00. The van der Waals surface area contributed by atoms with E-state index >= 15 is 0 Å². The Morgan fingerprint density at radius 2 is 2.40 bits per heavy atom. The zero-order valence-electron chi connectivity index (χ0n) is 5.40. The first-order chi connectivity index (χ1) is 4.88. The maximum Gasteiger partial charge on any atom is 0.181 e. The largest absolute Gasteiger partial charge is 0.442 e. The van der Waals surface area contributed by atoms with Gasteiger partial charge in [-0.2, -0.15) is 5.10 Å². The van der Waals surface area contributed by atoms with Gasteiger partial charge < -0.3 is 4.42 Å². The maximum absolute atomic E-state index is 5.00. The van der Waals surface area contributed by atoms with Gasteiger partial charge in [-0.3, -0.25) is 0 Å². The van der Waals surface area contributed by atoms with Gasteiger partial charge in [0.05, 0.1) is 11.9 Å². The highest BCUT2D eigenvalue weighted by atomic mass is 16.3. The summed E-state index contributed by atoms with van der Waals surface area (Å²) in [6, 6.07) is 0. The van der Waals surface area contributed by atoms with Crippen molar-refractivity contribution in [2.24, 2.45) is 0 Å². The zero-order chi connectivity index (χ0) is 6.97. The highest BCUT2D eigenvalue weighted by Crippen LogP contribution is 2.18. The molecule has 4 heteroatoms. The van der Waals surface area contributed by atoms with Crippen molar-refractivity contribution in [3.63, 3.8) is 0 Å². The van der Waals surface area contributed by atoms with Crippen molar-refractivity contribution in [2.75, 3.05) is 0 Å². The van der Waals surface area contributed by atoms with Gasteiger partial charge in [0.1, 0.15) is 0 Å². The van der Waals surface area contributed by atoms with E-state index in [4.69, 9.17) is 4.42 Å². The van der Waals surface area contributed by atoms with Crippen molar-refractivity contribution in [3.05, 3.63) is 18.3 Å². The molecule has 0 atom stereocenters.